The molecule has 3 atom stereocenters. The Morgan fingerprint density at radius 1 is 1.00 bits per heavy atom. The van der Waals surface area contributed by atoms with Crippen molar-refractivity contribution in [2.75, 3.05) is 0 Å². The summed E-state index contributed by atoms with van der Waals surface area (Å²) in [4.78, 5) is 0. The normalized spacial score (nSPS) is 41.2. The smallest absolute Gasteiger partial charge is 0.0386 e. The molecule has 2 bridgehead atoms. The number of fused-ring (bicyclic) bond motifs is 2. The molecule has 0 aromatic heterocycles. The fourth-order valence-electron chi connectivity index (χ4n) is 2.78. The molecule has 66 valence electrons. The van der Waals surface area contributed by atoms with Crippen LogP contribution in [0.5, 0.6) is 0 Å². The molecule has 11 heavy (non-hydrogen) atoms. The SMILES string of the molecule is CC.CC1CC2CCCC1C2. The van der Waals surface area contributed by atoms with Crippen molar-refractivity contribution in [1.82, 2.24) is 0 Å². The second kappa shape index (κ2) is 4.13. The lowest BCUT2D eigenvalue weighted by atomic mass is 9.88. The summed E-state index contributed by atoms with van der Waals surface area (Å²) in [6, 6.07) is 0. The molecule has 2 rings (SSSR count). The van der Waals surface area contributed by atoms with Crippen LogP contribution in [0.1, 0.15) is 52.9 Å². The largest absolute Gasteiger partial charge is 0.0683 e. The van der Waals surface area contributed by atoms with Gasteiger partial charge in [0.2, 0.25) is 0 Å². The van der Waals surface area contributed by atoms with Crippen molar-refractivity contribution in [3.8, 4) is 0 Å². The summed E-state index contributed by atoms with van der Waals surface area (Å²) in [5, 5.41) is 0. The molecule has 2 aliphatic rings. The number of hydrogen-bond donors (Lipinski definition) is 0. The van der Waals surface area contributed by atoms with Crippen LogP contribution >= 0.6 is 0 Å². The van der Waals surface area contributed by atoms with E-state index in [0.717, 1.165) is 17.8 Å². The zero-order valence-corrected chi connectivity index (χ0v) is 8.27. The van der Waals surface area contributed by atoms with Gasteiger partial charge in [-0.1, -0.05) is 40.0 Å². The molecule has 0 amide bonds. The third-order valence-electron chi connectivity index (χ3n) is 3.33. The van der Waals surface area contributed by atoms with Gasteiger partial charge < -0.3 is 0 Å². The Kier molecular flexibility index (Phi) is 3.42. The minimum atomic E-state index is 1.07. The first kappa shape index (κ1) is 9.09. The molecule has 0 aromatic carbocycles. The van der Waals surface area contributed by atoms with E-state index in [4.69, 9.17) is 0 Å². The quantitative estimate of drug-likeness (QED) is 0.497. The molecule has 3 unspecified atom stereocenters. The van der Waals surface area contributed by atoms with Gasteiger partial charge in [0.05, 0.1) is 0 Å². The van der Waals surface area contributed by atoms with Crippen molar-refractivity contribution in [2.24, 2.45) is 17.8 Å². The monoisotopic (exact) mass is 154 g/mol. The van der Waals surface area contributed by atoms with E-state index in [9.17, 15) is 0 Å². The summed E-state index contributed by atoms with van der Waals surface area (Å²) in [6.45, 7) is 6.44. The van der Waals surface area contributed by atoms with Gasteiger partial charge in [0, 0.05) is 0 Å². The summed E-state index contributed by atoms with van der Waals surface area (Å²) >= 11 is 0. The summed E-state index contributed by atoms with van der Waals surface area (Å²) in [5.41, 5.74) is 0. The van der Waals surface area contributed by atoms with Crippen LogP contribution in [0.3, 0.4) is 0 Å². The summed E-state index contributed by atoms with van der Waals surface area (Å²) in [5.74, 6) is 3.33. The number of hydrogen-bond acceptors (Lipinski definition) is 0. The topological polar surface area (TPSA) is 0 Å². The Morgan fingerprint density at radius 3 is 2.27 bits per heavy atom. The minimum Gasteiger partial charge on any atom is -0.0683 e. The van der Waals surface area contributed by atoms with Gasteiger partial charge in [-0.15, -0.1) is 0 Å². The lowest BCUT2D eigenvalue weighted by Gasteiger charge is -2.18. The van der Waals surface area contributed by atoms with Gasteiger partial charge in [0.25, 0.3) is 0 Å². The molecule has 0 N–H and O–H groups in total. The predicted octanol–water partition coefficient (Wildman–Crippen LogP) is 3.86. The van der Waals surface area contributed by atoms with Gasteiger partial charge in [0.1, 0.15) is 0 Å². The first-order chi connectivity index (χ1) is 5.36. The van der Waals surface area contributed by atoms with Crippen molar-refractivity contribution in [3.63, 3.8) is 0 Å². The molecule has 0 aromatic rings. The second-order valence-electron chi connectivity index (χ2n) is 4.01. The molecule has 0 radical (unpaired) electrons. The van der Waals surface area contributed by atoms with E-state index in [2.05, 4.69) is 6.92 Å². The van der Waals surface area contributed by atoms with Crippen LogP contribution in [0.2, 0.25) is 0 Å². The average Bonchev–Trinajstić information content (AvgIpc) is 2.31. The van der Waals surface area contributed by atoms with Gasteiger partial charge >= 0.3 is 0 Å². The van der Waals surface area contributed by atoms with Crippen LogP contribution in [-0.4, -0.2) is 0 Å². The molecular weight excluding hydrogens is 132 g/mol. The van der Waals surface area contributed by atoms with Crippen molar-refractivity contribution >= 4 is 0 Å². The molecule has 0 aliphatic heterocycles. The predicted molar refractivity (Wildman–Crippen MR) is 50.6 cm³/mol. The van der Waals surface area contributed by atoms with Gasteiger partial charge in [-0.2, -0.15) is 0 Å². The highest BCUT2D eigenvalue weighted by Crippen LogP contribution is 2.45. The lowest BCUT2D eigenvalue weighted by Crippen LogP contribution is -2.06. The van der Waals surface area contributed by atoms with Crippen LogP contribution in [0, 0.1) is 17.8 Å². The number of rotatable bonds is 0. The highest BCUT2D eigenvalue weighted by Gasteiger charge is 2.33. The lowest BCUT2D eigenvalue weighted by molar-refractivity contribution is 0.335. The van der Waals surface area contributed by atoms with Crippen LogP contribution in [0.15, 0.2) is 0 Å². The average molecular weight is 154 g/mol. The maximum absolute atomic E-state index is 2.44. The summed E-state index contributed by atoms with van der Waals surface area (Å²) in [6.07, 6.45) is 7.73. The summed E-state index contributed by atoms with van der Waals surface area (Å²) in [7, 11) is 0. The zero-order chi connectivity index (χ0) is 8.27. The van der Waals surface area contributed by atoms with Crippen LogP contribution in [0.25, 0.3) is 0 Å². The van der Waals surface area contributed by atoms with E-state index >= 15 is 0 Å². The third-order valence-corrected chi connectivity index (χ3v) is 3.33. The van der Waals surface area contributed by atoms with Crippen LogP contribution < -0.4 is 0 Å². The molecule has 2 saturated carbocycles. The Hall–Kier alpha value is 0. The van der Waals surface area contributed by atoms with E-state index in [-0.39, 0.29) is 0 Å². The Balaban J connectivity index is 0.000000281. The fraction of sp³-hybridized carbons (Fsp3) is 1.00. The molecule has 2 fully saturated rings. The molecular formula is C11H22. The second-order valence-corrected chi connectivity index (χ2v) is 4.01. The molecule has 0 saturated heterocycles. The maximum Gasteiger partial charge on any atom is -0.0386 e. The van der Waals surface area contributed by atoms with Gasteiger partial charge in [-0.05, 0) is 30.6 Å². The molecule has 2 aliphatic carbocycles. The van der Waals surface area contributed by atoms with Crippen molar-refractivity contribution < 1.29 is 0 Å². The zero-order valence-electron chi connectivity index (χ0n) is 8.27. The maximum atomic E-state index is 2.44. The van der Waals surface area contributed by atoms with Gasteiger partial charge in [0.15, 0.2) is 0 Å². The van der Waals surface area contributed by atoms with Gasteiger partial charge in [-0.25, -0.2) is 0 Å². The van der Waals surface area contributed by atoms with E-state index in [1.165, 1.54) is 12.8 Å². The summed E-state index contributed by atoms with van der Waals surface area (Å²) < 4.78 is 0. The van der Waals surface area contributed by atoms with Crippen LogP contribution in [0.4, 0.5) is 0 Å². The fourth-order valence-corrected chi connectivity index (χ4v) is 2.78. The molecule has 0 heteroatoms. The third kappa shape index (κ3) is 1.98. The molecule has 0 spiro atoms. The highest BCUT2D eigenvalue weighted by atomic mass is 14.4. The molecule has 0 nitrogen and oxygen atoms in total. The van der Waals surface area contributed by atoms with E-state index in [1.807, 2.05) is 13.8 Å². The van der Waals surface area contributed by atoms with Crippen molar-refractivity contribution in [1.29, 1.82) is 0 Å². The van der Waals surface area contributed by atoms with Crippen molar-refractivity contribution in [2.45, 2.75) is 52.9 Å². The van der Waals surface area contributed by atoms with E-state index in [0.29, 0.717) is 0 Å². The molecule has 0 heterocycles. The highest BCUT2D eigenvalue weighted by molar-refractivity contribution is 4.84. The Labute approximate surface area is 71.4 Å². The van der Waals surface area contributed by atoms with E-state index < -0.39 is 0 Å². The van der Waals surface area contributed by atoms with Crippen LogP contribution in [-0.2, 0) is 0 Å². The first-order valence-corrected chi connectivity index (χ1v) is 5.36. The van der Waals surface area contributed by atoms with E-state index in [1.54, 1.807) is 19.3 Å². The minimum absolute atomic E-state index is 1.07. The van der Waals surface area contributed by atoms with Crippen molar-refractivity contribution in [3.05, 3.63) is 0 Å². The Bertz CT molecular complexity index is 105. The standard InChI is InChI=1S/C9H16.C2H6/c1-7-5-8-3-2-4-9(7)6-8;1-2/h7-9H,2-6H2,1H3;1-2H3. The first-order valence-electron chi connectivity index (χ1n) is 5.36. The van der Waals surface area contributed by atoms with Gasteiger partial charge in [-0.3, -0.25) is 0 Å². The Morgan fingerprint density at radius 2 is 1.73 bits per heavy atom.